The van der Waals surface area contributed by atoms with Crippen molar-refractivity contribution in [1.82, 2.24) is 15.1 Å². The molecule has 0 aliphatic carbocycles. The first-order valence-corrected chi connectivity index (χ1v) is 7.56. The molecule has 0 aliphatic heterocycles. The fourth-order valence-corrected chi connectivity index (χ4v) is 2.35. The van der Waals surface area contributed by atoms with Crippen LogP contribution >= 0.6 is 0 Å². The smallest absolute Gasteiger partial charge is 0.273 e. The topological polar surface area (TPSA) is 127 Å². The fraction of sp³-hybridized carbons (Fsp3) is 0.188. The van der Waals surface area contributed by atoms with E-state index >= 15 is 0 Å². The Morgan fingerprint density at radius 3 is 2.96 bits per heavy atom. The summed E-state index contributed by atoms with van der Waals surface area (Å²) >= 11 is 0. The fourth-order valence-electron chi connectivity index (χ4n) is 2.35. The predicted molar refractivity (Wildman–Crippen MR) is 89.2 cm³/mol. The van der Waals surface area contributed by atoms with Crippen LogP contribution in [0, 0.1) is 17.0 Å². The lowest BCUT2D eigenvalue weighted by atomic mass is 10.2. The predicted octanol–water partition coefficient (Wildman–Crippen LogP) is 3.10. The summed E-state index contributed by atoms with van der Waals surface area (Å²) in [6.07, 6.45) is 1.99. The van der Waals surface area contributed by atoms with Crippen molar-refractivity contribution in [3.05, 3.63) is 57.7 Å². The van der Waals surface area contributed by atoms with Gasteiger partial charge in [0.25, 0.3) is 11.6 Å². The van der Waals surface area contributed by atoms with Crippen molar-refractivity contribution in [2.45, 2.75) is 20.3 Å². The number of aromatic amines is 1. The molecule has 2 N–H and O–H groups in total. The summed E-state index contributed by atoms with van der Waals surface area (Å²) in [5.74, 6) is 0.486. The SMILES string of the molecule is CCc1noc(C)c1NC(=O)c1cnc(-c2cccc([N+](=O)[O-])c2)[nH]1. The molecule has 0 spiro atoms. The number of rotatable bonds is 5. The molecule has 0 saturated heterocycles. The van der Waals surface area contributed by atoms with Gasteiger partial charge in [-0.25, -0.2) is 4.98 Å². The van der Waals surface area contributed by atoms with Crippen molar-refractivity contribution in [3.63, 3.8) is 0 Å². The number of imidazole rings is 1. The van der Waals surface area contributed by atoms with Gasteiger partial charge >= 0.3 is 0 Å². The number of hydrogen-bond acceptors (Lipinski definition) is 6. The summed E-state index contributed by atoms with van der Waals surface area (Å²) in [6.45, 7) is 3.62. The van der Waals surface area contributed by atoms with Crippen LogP contribution < -0.4 is 5.32 Å². The molecule has 2 heterocycles. The van der Waals surface area contributed by atoms with Crippen molar-refractivity contribution >= 4 is 17.3 Å². The van der Waals surface area contributed by atoms with Crippen LogP contribution in [-0.4, -0.2) is 26.0 Å². The van der Waals surface area contributed by atoms with E-state index in [4.69, 9.17) is 4.52 Å². The van der Waals surface area contributed by atoms with Gasteiger partial charge in [-0.15, -0.1) is 0 Å². The van der Waals surface area contributed by atoms with E-state index in [0.717, 1.165) is 0 Å². The van der Waals surface area contributed by atoms with E-state index in [1.165, 1.54) is 18.3 Å². The second kappa shape index (κ2) is 6.56. The summed E-state index contributed by atoms with van der Waals surface area (Å²) in [4.78, 5) is 29.8. The molecule has 128 valence electrons. The number of aryl methyl sites for hydroxylation is 2. The average molecular weight is 341 g/mol. The molecule has 0 saturated carbocycles. The highest BCUT2D eigenvalue weighted by Gasteiger charge is 2.17. The quantitative estimate of drug-likeness (QED) is 0.542. The van der Waals surface area contributed by atoms with Gasteiger partial charge in [-0.05, 0) is 13.3 Å². The first-order valence-electron chi connectivity index (χ1n) is 7.56. The van der Waals surface area contributed by atoms with Gasteiger partial charge in [0.05, 0.1) is 11.1 Å². The highest BCUT2D eigenvalue weighted by Crippen LogP contribution is 2.23. The Morgan fingerprint density at radius 1 is 1.44 bits per heavy atom. The molecular weight excluding hydrogens is 326 g/mol. The number of non-ortho nitro benzene ring substituents is 1. The summed E-state index contributed by atoms with van der Waals surface area (Å²) < 4.78 is 5.08. The van der Waals surface area contributed by atoms with E-state index in [9.17, 15) is 14.9 Å². The Kier molecular flexibility index (Phi) is 4.29. The van der Waals surface area contributed by atoms with Crippen molar-refractivity contribution in [1.29, 1.82) is 0 Å². The minimum atomic E-state index is -0.485. The lowest BCUT2D eigenvalue weighted by Gasteiger charge is -2.03. The number of carbonyl (C=O) groups is 1. The Morgan fingerprint density at radius 2 is 2.24 bits per heavy atom. The van der Waals surface area contributed by atoms with Crippen molar-refractivity contribution < 1.29 is 14.2 Å². The molecule has 0 bridgehead atoms. The summed E-state index contributed by atoms with van der Waals surface area (Å²) in [6, 6.07) is 6.01. The molecule has 3 rings (SSSR count). The van der Waals surface area contributed by atoms with Crippen LogP contribution in [0.25, 0.3) is 11.4 Å². The number of nitrogens with one attached hydrogen (secondary N) is 2. The highest BCUT2D eigenvalue weighted by molar-refractivity contribution is 6.03. The van der Waals surface area contributed by atoms with Crippen molar-refractivity contribution in [2.75, 3.05) is 5.32 Å². The van der Waals surface area contributed by atoms with Gasteiger partial charge in [-0.1, -0.05) is 24.2 Å². The van der Waals surface area contributed by atoms with E-state index in [1.54, 1.807) is 19.1 Å². The number of hydrogen-bond donors (Lipinski definition) is 2. The Labute approximate surface area is 142 Å². The van der Waals surface area contributed by atoms with Gasteiger partial charge in [-0.2, -0.15) is 0 Å². The van der Waals surface area contributed by atoms with Crippen LogP contribution in [0.2, 0.25) is 0 Å². The maximum atomic E-state index is 12.4. The maximum absolute atomic E-state index is 12.4. The van der Waals surface area contributed by atoms with Gasteiger partial charge < -0.3 is 14.8 Å². The normalized spacial score (nSPS) is 10.6. The Hall–Kier alpha value is -3.49. The summed E-state index contributed by atoms with van der Waals surface area (Å²) in [5, 5.41) is 17.5. The van der Waals surface area contributed by atoms with Gasteiger partial charge in [0.15, 0.2) is 5.76 Å². The van der Waals surface area contributed by atoms with Crippen molar-refractivity contribution in [3.8, 4) is 11.4 Å². The molecule has 2 aromatic heterocycles. The largest absolute Gasteiger partial charge is 0.359 e. The number of benzene rings is 1. The van der Waals surface area contributed by atoms with E-state index < -0.39 is 10.8 Å². The first-order chi connectivity index (χ1) is 12.0. The van der Waals surface area contributed by atoms with E-state index in [0.29, 0.717) is 35.0 Å². The first kappa shape index (κ1) is 16.4. The maximum Gasteiger partial charge on any atom is 0.273 e. The van der Waals surface area contributed by atoms with Gasteiger partial charge in [0.1, 0.15) is 22.9 Å². The molecule has 9 nitrogen and oxygen atoms in total. The number of nitrogens with zero attached hydrogens (tertiary/aromatic N) is 3. The summed E-state index contributed by atoms with van der Waals surface area (Å²) in [5.41, 5.74) is 1.89. The van der Waals surface area contributed by atoms with Crippen LogP contribution in [0.5, 0.6) is 0 Å². The van der Waals surface area contributed by atoms with Crippen LogP contribution in [0.4, 0.5) is 11.4 Å². The highest BCUT2D eigenvalue weighted by atomic mass is 16.6. The molecular formula is C16H15N5O4. The Balaban J connectivity index is 1.83. The van der Waals surface area contributed by atoms with Gasteiger partial charge in [0.2, 0.25) is 0 Å². The molecule has 25 heavy (non-hydrogen) atoms. The lowest BCUT2D eigenvalue weighted by molar-refractivity contribution is -0.384. The zero-order valence-electron chi connectivity index (χ0n) is 13.6. The molecule has 1 aromatic carbocycles. The van der Waals surface area contributed by atoms with Gasteiger partial charge in [-0.3, -0.25) is 14.9 Å². The molecule has 0 aliphatic rings. The third-order valence-electron chi connectivity index (χ3n) is 3.66. The number of anilines is 1. The molecule has 0 atom stereocenters. The van der Waals surface area contributed by atoms with Crippen LogP contribution in [0.15, 0.2) is 35.0 Å². The van der Waals surface area contributed by atoms with E-state index in [1.807, 2.05) is 6.92 Å². The molecule has 1 amide bonds. The number of aromatic nitrogens is 3. The average Bonchev–Trinajstić information content (AvgIpc) is 3.23. The zero-order valence-corrected chi connectivity index (χ0v) is 13.6. The van der Waals surface area contributed by atoms with Crippen LogP contribution in [-0.2, 0) is 6.42 Å². The second-order valence-electron chi connectivity index (χ2n) is 5.32. The van der Waals surface area contributed by atoms with E-state index in [-0.39, 0.29) is 11.4 Å². The zero-order chi connectivity index (χ0) is 18.0. The summed E-state index contributed by atoms with van der Waals surface area (Å²) in [7, 11) is 0. The molecule has 9 heteroatoms. The minimum absolute atomic E-state index is 0.0485. The molecule has 3 aromatic rings. The third kappa shape index (κ3) is 3.25. The number of carbonyl (C=O) groups excluding carboxylic acids is 1. The number of H-pyrrole nitrogens is 1. The molecule has 0 radical (unpaired) electrons. The second-order valence-corrected chi connectivity index (χ2v) is 5.32. The minimum Gasteiger partial charge on any atom is -0.359 e. The standard InChI is InChI=1S/C16H15N5O4/c1-3-12-14(9(2)25-20-12)19-16(22)13-8-17-15(18-13)10-5-4-6-11(7-10)21(23)24/h4-8H,3H2,1-2H3,(H,17,18)(H,19,22). The molecule has 0 fully saturated rings. The number of nitro groups is 1. The Bertz CT molecular complexity index is 944. The van der Waals surface area contributed by atoms with Crippen LogP contribution in [0.1, 0.15) is 28.9 Å². The number of amides is 1. The molecule has 0 unspecified atom stereocenters. The van der Waals surface area contributed by atoms with Crippen LogP contribution in [0.3, 0.4) is 0 Å². The van der Waals surface area contributed by atoms with Crippen molar-refractivity contribution in [2.24, 2.45) is 0 Å². The lowest BCUT2D eigenvalue weighted by Crippen LogP contribution is -2.13. The van der Waals surface area contributed by atoms with Gasteiger partial charge in [0, 0.05) is 17.7 Å². The third-order valence-corrected chi connectivity index (χ3v) is 3.66. The number of nitro benzene ring substituents is 1. The monoisotopic (exact) mass is 341 g/mol. The van der Waals surface area contributed by atoms with E-state index in [2.05, 4.69) is 20.4 Å².